The smallest absolute Gasteiger partial charge is 0.132 e. The van der Waals surface area contributed by atoms with Gasteiger partial charge in [0.15, 0.2) is 0 Å². The highest BCUT2D eigenvalue weighted by molar-refractivity contribution is 5.80. The summed E-state index contributed by atoms with van der Waals surface area (Å²) in [6.45, 7) is 0. The summed E-state index contributed by atoms with van der Waals surface area (Å²) in [4.78, 5) is 11.4. The van der Waals surface area contributed by atoms with Crippen LogP contribution in [0.4, 0.5) is 0 Å². The SMILES string of the molecule is O=C1CCC2(CC1)c1ccccc1[C@@H]1C[C@@H]12. The Morgan fingerprint density at radius 2 is 1.88 bits per heavy atom. The first-order valence-corrected chi connectivity index (χ1v) is 6.42. The zero-order valence-corrected chi connectivity index (χ0v) is 9.41. The second kappa shape index (κ2) is 2.77. The quantitative estimate of drug-likeness (QED) is 0.645. The van der Waals surface area contributed by atoms with Crippen LogP contribution in [0.2, 0.25) is 0 Å². The summed E-state index contributed by atoms with van der Waals surface area (Å²) in [5.41, 5.74) is 3.58. The van der Waals surface area contributed by atoms with E-state index in [9.17, 15) is 4.79 Å². The Kier molecular flexibility index (Phi) is 1.55. The van der Waals surface area contributed by atoms with Gasteiger partial charge in [0.2, 0.25) is 0 Å². The van der Waals surface area contributed by atoms with E-state index in [0.29, 0.717) is 11.2 Å². The van der Waals surface area contributed by atoms with Gasteiger partial charge in [0.05, 0.1) is 0 Å². The lowest BCUT2D eigenvalue weighted by molar-refractivity contribution is -0.121. The van der Waals surface area contributed by atoms with E-state index >= 15 is 0 Å². The number of carbonyl (C=O) groups excluding carboxylic acids is 1. The maximum Gasteiger partial charge on any atom is 0.132 e. The zero-order valence-electron chi connectivity index (χ0n) is 9.41. The number of carbonyl (C=O) groups is 1. The molecule has 3 aliphatic rings. The molecular formula is C15H16O. The van der Waals surface area contributed by atoms with E-state index in [1.54, 1.807) is 11.1 Å². The molecule has 4 rings (SSSR count). The molecule has 0 aromatic heterocycles. The second-order valence-corrected chi connectivity index (χ2v) is 5.73. The topological polar surface area (TPSA) is 17.1 Å². The Balaban J connectivity index is 1.83. The van der Waals surface area contributed by atoms with Gasteiger partial charge in [-0.3, -0.25) is 4.79 Å². The predicted molar refractivity (Wildman–Crippen MR) is 62.4 cm³/mol. The minimum absolute atomic E-state index is 0.398. The fourth-order valence-electron chi connectivity index (χ4n) is 4.24. The monoisotopic (exact) mass is 212 g/mol. The molecule has 0 unspecified atom stereocenters. The standard InChI is InChI=1S/C15H16O/c16-10-5-7-15(8-6-10)13-4-2-1-3-11(13)12-9-14(12)15/h1-4,12,14H,5-9H2/t12-,14-/m0/s1. The lowest BCUT2D eigenvalue weighted by Gasteiger charge is -2.36. The van der Waals surface area contributed by atoms with E-state index in [-0.39, 0.29) is 0 Å². The number of rotatable bonds is 0. The molecule has 3 aliphatic carbocycles. The lowest BCUT2D eigenvalue weighted by Crippen LogP contribution is -2.32. The van der Waals surface area contributed by atoms with Crippen molar-refractivity contribution in [3.63, 3.8) is 0 Å². The van der Waals surface area contributed by atoms with E-state index in [2.05, 4.69) is 24.3 Å². The number of fused-ring (bicyclic) bond motifs is 5. The Labute approximate surface area is 95.9 Å². The van der Waals surface area contributed by atoms with Crippen molar-refractivity contribution in [1.82, 2.24) is 0 Å². The van der Waals surface area contributed by atoms with E-state index in [4.69, 9.17) is 0 Å². The molecule has 0 amide bonds. The molecule has 0 N–H and O–H groups in total. The highest BCUT2D eigenvalue weighted by Gasteiger charge is 2.60. The minimum Gasteiger partial charge on any atom is -0.300 e. The summed E-state index contributed by atoms with van der Waals surface area (Å²) in [6.07, 6.45) is 5.24. The van der Waals surface area contributed by atoms with Gasteiger partial charge in [0.25, 0.3) is 0 Å². The third kappa shape index (κ3) is 0.946. The molecule has 0 heterocycles. The fourth-order valence-corrected chi connectivity index (χ4v) is 4.24. The van der Waals surface area contributed by atoms with Gasteiger partial charge in [-0.15, -0.1) is 0 Å². The summed E-state index contributed by atoms with van der Waals surface area (Å²) in [5, 5.41) is 0. The molecule has 16 heavy (non-hydrogen) atoms. The van der Waals surface area contributed by atoms with Crippen LogP contribution in [0.5, 0.6) is 0 Å². The molecule has 82 valence electrons. The van der Waals surface area contributed by atoms with Crippen molar-refractivity contribution >= 4 is 5.78 Å². The van der Waals surface area contributed by atoms with Crippen LogP contribution in [0.15, 0.2) is 24.3 Å². The minimum atomic E-state index is 0.398. The van der Waals surface area contributed by atoms with E-state index < -0.39 is 0 Å². The van der Waals surface area contributed by atoms with Crippen molar-refractivity contribution in [3.05, 3.63) is 35.4 Å². The largest absolute Gasteiger partial charge is 0.300 e. The van der Waals surface area contributed by atoms with E-state index in [1.165, 1.54) is 6.42 Å². The highest BCUT2D eigenvalue weighted by atomic mass is 16.1. The van der Waals surface area contributed by atoms with Crippen LogP contribution in [-0.2, 0) is 10.2 Å². The Bertz CT molecular complexity index is 464. The van der Waals surface area contributed by atoms with E-state index in [0.717, 1.165) is 37.5 Å². The van der Waals surface area contributed by atoms with Gasteiger partial charge >= 0.3 is 0 Å². The van der Waals surface area contributed by atoms with Gasteiger partial charge in [0.1, 0.15) is 5.78 Å². The van der Waals surface area contributed by atoms with Crippen molar-refractivity contribution < 1.29 is 4.79 Å². The fraction of sp³-hybridized carbons (Fsp3) is 0.533. The number of Topliss-reactive ketones (excluding diaryl/α,β-unsaturated/α-hetero) is 1. The third-order valence-corrected chi connectivity index (χ3v) is 5.10. The Morgan fingerprint density at radius 1 is 1.12 bits per heavy atom. The normalized spacial score (nSPS) is 33.6. The number of ketones is 1. The molecule has 1 nitrogen and oxygen atoms in total. The van der Waals surface area contributed by atoms with Gasteiger partial charge in [-0.05, 0) is 47.6 Å². The molecule has 1 spiro atoms. The zero-order chi connectivity index (χ0) is 10.8. The third-order valence-electron chi connectivity index (χ3n) is 5.10. The maximum absolute atomic E-state index is 11.4. The summed E-state index contributed by atoms with van der Waals surface area (Å²) < 4.78 is 0. The molecule has 0 bridgehead atoms. The summed E-state index contributed by atoms with van der Waals surface area (Å²) in [5.74, 6) is 2.19. The lowest BCUT2D eigenvalue weighted by atomic mass is 9.67. The van der Waals surface area contributed by atoms with Crippen molar-refractivity contribution in [2.24, 2.45) is 5.92 Å². The highest BCUT2D eigenvalue weighted by Crippen LogP contribution is 2.68. The molecule has 2 saturated carbocycles. The molecule has 0 saturated heterocycles. The second-order valence-electron chi connectivity index (χ2n) is 5.73. The molecular weight excluding hydrogens is 196 g/mol. The van der Waals surface area contributed by atoms with Crippen molar-refractivity contribution in [2.75, 3.05) is 0 Å². The molecule has 1 aromatic carbocycles. The first-order valence-electron chi connectivity index (χ1n) is 6.42. The van der Waals surface area contributed by atoms with Gasteiger partial charge in [-0.25, -0.2) is 0 Å². The van der Waals surface area contributed by atoms with Gasteiger partial charge in [-0.1, -0.05) is 24.3 Å². The Morgan fingerprint density at radius 3 is 2.69 bits per heavy atom. The maximum atomic E-state index is 11.4. The van der Waals surface area contributed by atoms with Crippen LogP contribution in [-0.4, -0.2) is 5.78 Å². The first-order chi connectivity index (χ1) is 7.81. The van der Waals surface area contributed by atoms with Gasteiger partial charge in [-0.2, -0.15) is 0 Å². The van der Waals surface area contributed by atoms with Crippen LogP contribution in [0.1, 0.15) is 49.1 Å². The molecule has 1 heteroatoms. The van der Waals surface area contributed by atoms with Crippen LogP contribution >= 0.6 is 0 Å². The first kappa shape index (κ1) is 8.98. The van der Waals surface area contributed by atoms with Crippen LogP contribution in [0.25, 0.3) is 0 Å². The van der Waals surface area contributed by atoms with Crippen molar-refractivity contribution in [3.8, 4) is 0 Å². The van der Waals surface area contributed by atoms with Crippen molar-refractivity contribution in [1.29, 1.82) is 0 Å². The summed E-state index contributed by atoms with van der Waals surface area (Å²) >= 11 is 0. The van der Waals surface area contributed by atoms with Gasteiger partial charge < -0.3 is 0 Å². The number of hydrogen-bond acceptors (Lipinski definition) is 1. The van der Waals surface area contributed by atoms with E-state index in [1.807, 2.05) is 0 Å². The summed E-state index contributed by atoms with van der Waals surface area (Å²) in [7, 11) is 0. The van der Waals surface area contributed by atoms with Crippen molar-refractivity contribution in [2.45, 2.75) is 43.4 Å². The predicted octanol–water partition coefficient (Wildman–Crippen LogP) is 3.18. The van der Waals surface area contributed by atoms with Crippen LogP contribution < -0.4 is 0 Å². The number of benzene rings is 1. The summed E-state index contributed by atoms with van der Waals surface area (Å²) in [6, 6.07) is 8.96. The van der Waals surface area contributed by atoms with Crippen LogP contribution in [0, 0.1) is 5.92 Å². The molecule has 1 aromatic rings. The number of hydrogen-bond donors (Lipinski definition) is 0. The van der Waals surface area contributed by atoms with Crippen LogP contribution in [0.3, 0.4) is 0 Å². The average Bonchev–Trinajstić information content (AvgIpc) is 3.07. The Hall–Kier alpha value is -1.11. The average molecular weight is 212 g/mol. The van der Waals surface area contributed by atoms with Gasteiger partial charge in [0, 0.05) is 12.8 Å². The molecule has 2 fully saturated rings. The molecule has 0 aliphatic heterocycles. The molecule has 0 radical (unpaired) electrons. The molecule has 2 atom stereocenters.